The zero-order chi connectivity index (χ0) is 11.4. The van der Waals surface area contributed by atoms with Crippen molar-refractivity contribution < 1.29 is 8.42 Å². The van der Waals surface area contributed by atoms with E-state index in [1.165, 1.54) is 0 Å². The summed E-state index contributed by atoms with van der Waals surface area (Å²) in [7, 11) is -3.14. The normalized spacial score (nSPS) is 15.1. The molecule has 0 amide bonds. The second-order valence-corrected chi connectivity index (χ2v) is 6.70. The Balaban J connectivity index is 4.00. The van der Waals surface area contributed by atoms with Crippen molar-refractivity contribution in [3.8, 4) is 0 Å². The van der Waals surface area contributed by atoms with Gasteiger partial charge in [0.05, 0.1) is 5.75 Å². The van der Waals surface area contributed by atoms with Crippen LogP contribution in [0.4, 0.5) is 0 Å². The Bertz CT molecular complexity index is 250. The third-order valence-corrected chi connectivity index (χ3v) is 4.14. The predicted molar refractivity (Wildman–Crippen MR) is 61.1 cm³/mol. The maximum absolute atomic E-state index is 11.4. The molecule has 86 valence electrons. The summed E-state index contributed by atoms with van der Waals surface area (Å²) in [6.07, 6.45) is 0. The number of rotatable bonds is 6. The summed E-state index contributed by atoms with van der Waals surface area (Å²) < 4.78 is 25.3. The fraction of sp³-hybridized carbons (Fsp3) is 1.00. The van der Waals surface area contributed by atoms with Gasteiger partial charge in [0.1, 0.15) is 0 Å². The van der Waals surface area contributed by atoms with Gasteiger partial charge in [0.2, 0.25) is 10.0 Å². The second-order valence-electron chi connectivity index (χ2n) is 4.28. The minimum Gasteiger partial charge on any atom is -0.214 e. The van der Waals surface area contributed by atoms with E-state index in [1.54, 1.807) is 0 Å². The van der Waals surface area contributed by atoms with Crippen LogP contribution in [0.15, 0.2) is 0 Å². The number of hydrogen-bond acceptors (Lipinski definition) is 2. The number of sulfonamides is 1. The first kappa shape index (κ1) is 14.2. The minimum atomic E-state index is -3.14. The first-order valence-corrected chi connectivity index (χ1v) is 6.95. The molecule has 1 N–H and O–H groups in total. The molecule has 14 heavy (non-hydrogen) atoms. The van der Waals surface area contributed by atoms with Gasteiger partial charge in [0, 0.05) is 11.9 Å². The molecular weight excluding hydrogens is 222 g/mol. The van der Waals surface area contributed by atoms with Crippen molar-refractivity contribution in [2.45, 2.75) is 33.1 Å². The molecule has 0 aliphatic rings. The largest absolute Gasteiger partial charge is 0.214 e. The van der Waals surface area contributed by atoms with Crippen molar-refractivity contribution in [2.24, 2.45) is 11.8 Å². The molecule has 0 aromatic heterocycles. The zero-order valence-electron chi connectivity index (χ0n) is 9.25. The van der Waals surface area contributed by atoms with Crippen LogP contribution in [0, 0.1) is 11.8 Å². The van der Waals surface area contributed by atoms with Crippen LogP contribution < -0.4 is 4.72 Å². The summed E-state index contributed by atoms with van der Waals surface area (Å²) in [6.45, 7) is 8.00. The molecule has 0 aromatic rings. The van der Waals surface area contributed by atoms with Gasteiger partial charge in [-0.25, -0.2) is 13.1 Å². The molecular formula is C9H20ClNO2S. The predicted octanol–water partition coefficient (Wildman–Crippen LogP) is 1.83. The van der Waals surface area contributed by atoms with Crippen LogP contribution in [0.2, 0.25) is 0 Å². The smallest absolute Gasteiger partial charge is 0.211 e. The molecule has 3 nitrogen and oxygen atoms in total. The van der Waals surface area contributed by atoms with E-state index in [2.05, 4.69) is 4.72 Å². The van der Waals surface area contributed by atoms with Gasteiger partial charge in [-0.15, -0.1) is 11.6 Å². The van der Waals surface area contributed by atoms with Gasteiger partial charge in [-0.1, -0.05) is 27.7 Å². The third-order valence-electron chi connectivity index (χ3n) is 1.77. The molecule has 0 fully saturated rings. The van der Waals surface area contributed by atoms with Gasteiger partial charge in [-0.05, 0) is 11.8 Å². The summed E-state index contributed by atoms with van der Waals surface area (Å²) in [4.78, 5) is 0. The summed E-state index contributed by atoms with van der Waals surface area (Å²) in [5, 5.41) is -0.142. The van der Waals surface area contributed by atoms with Crippen LogP contribution in [0.3, 0.4) is 0 Å². The number of alkyl halides is 1. The fourth-order valence-corrected chi connectivity index (χ4v) is 2.54. The number of nitrogens with one attached hydrogen (secondary N) is 1. The maximum atomic E-state index is 11.4. The van der Waals surface area contributed by atoms with Crippen molar-refractivity contribution in [3.05, 3.63) is 0 Å². The lowest BCUT2D eigenvalue weighted by Gasteiger charge is -2.14. The van der Waals surface area contributed by atoms with Gasteiger partial charge in [0.15, 0.2) is 0 Å². The van der Waals surface area contributed by atoms with E-state index >= 15 is 0 Å². The monoisotopic (exact) mass is 241 g/mol. The average Bonchev–Trinajstić information content (AvgIpc) is 1.97. The lowest BCUT2D eigenvalue weighted by atomic mass is 10.1. The summed E-state index contributed by atoms with van der Waals surface area (Å²) in [6, 6.07) is 0. The Labute approximate surface area is 92.3 Å². The van der Waals surface area contributed by atoms with Crippen LogP contribution in [0.25, 0.3) is 0 Å². The molecule has 0 radical (unpaired) electrons. The van der Waals surface area contributed by atoms with E-state index in [9.17, 15) is 8.42 Å². The van der Waals surface area contributed by atoms with E-state index in [1.807, 2.05) is 27.7 Å². The summed E-state index contributed by atoms with van der Waals surface area (Å²) in [5.41, 5.74) is 0. The summed E-state index contributed by atoms with van der Waals surface area (Å²) >= 11 is 5.93. The van der Waals surface area contributed by atoms with Crippen molar-refractivity contribution in [1.82, 2.24) is 4.72 Å². The standard InChI is InChI=1S/C9H20ClNO2S/c1-7(2)6-14(12,13)11-5-9(10)8(3)4/h7-9,11H,5-6H2,1-4H3. The van der Waals surface area contributed by atoms with Gasteiger partial charge in [0.25, 0.3) is 0 Å². The Morgan fingerprint density at radius 2 is 1.71 bits per heavy atom. The number of hydrogen-bond donors (Lipinski definition) is 1. The Morgan fingerprint density at radius 3 is 2.07 bits per heavy atom. The molecule has 0 saturated carbocycles. The SMILES string of the molecule is CC(C)CS(=O)(=O)NCC(Cl)C(C)C. The first-order valence-electron chi connectivity index (χ1n) is 4.86. The molecule has 0 aromatic carbocycles. The summed E-state index contributed by atoms with van der Waals surface area (Å²) in [5.74, 6) is 0.577. The van der Waals surface area contributed by atoms with E-state index in [-0.39, 0.29) is 23.0 Å². The van der Waals surface area contributed by atoms with Crippen LogP contribution in [-0.4, -0.2) is 26.1 Å². The Hall–Kier alpha value is 0.200. The molecule has 0 rings (SSSR count). The Morgan fingerprint density at radius 1 is 1.21 bits per heavy atom. The third kappa shape index (κ3) is 6.62. The molecule has 0 spiro atoms. The lowest BCUT2D eigenvalue weighted by molar-refractivity contribution is 0.548. The molecule has 0 saturated heterocycles. The van der Waals surface area contributed by atoms with Crippen LogP contribution in [-0.2, 0) is 10.0 Å². The first-order chi connectivity index (χ1) is 6.24. The molecule has 1 atom stereocenters. The van der Waals surface area contributed by atoms with Gasteiger partial charge in [-0.3, -0.25) is 0 Å². The van der Waals surface area contributed by atoms with Crippen molar-refractivity contribution in [1.29, 1.82) is 0 Å². The molecule has 5 heteroatoms. The zero-order valence-corrected chi connectivity index (χ0v) is 10.8. The van der Waals surface area contributed by atoms with Crippen LogP contribution in [0.5, 0.6) is 0 Å². The van der Waals surface area contributed by atoms with Crippen molar-refractivity contribution >= 4 is 21.6 Å². The highest BCUT2D eigenvalue weighted by Crippen LogP contribution is 2.08. The number of halogens is 1. The van der Waals surface area contributed by atoms with E-state index in [0.717, 1.165) is 0 Å². The minimum absolute atomic E-state index is 0.139. The van der Waals surface area contributed by atoms with Gasteiger partial charge < -0.3 is 0 Å². The van der Waals surface area contributed by atoms with Gasteiger partial charge in [-0.2, -0.15) is 0 Å². The van der Waals surface area contributed by atoms with Crippen LogP contribution in [0.1, 0.15) is 27.7 Å². The lowest BCUT2D eigenvalue weighted by Crippen LogP contribution is -2.34. The van der Waals surface area contributed by atoms with E-state index in [4.69, 9.17) is 11.6 Å². The van der Waals surface area contributed by atoms with Crippen molar-refractivity contribution in [3.63, 3.8) is 0 Å². The Kier molecular flexibility index (Phi) is 6.02. The highest BCUT2D eigenvalue weighted by atomic mass is 35.5. The molecule has 0 aliphatic heterocycles. The van der Waals surface area contributed by atoms with Crippen molar-refractivity contribution in [2.75, 3.05) is 12.3 Å². The highest BCUT2D eigenvalue weighted by Gasteiger charge is 2.16. The van der Waals surface area contributed by atoms with Gasteiger partial charge >= 0.3 is 0 Å². The fourth-order valence-electron chi connectivity index (χ4n) is 0.940. The second kappa shape index (κ2) is 5.93. The molecule has 1 unspecified atom stereocenters. The average molecular weight is 242 g/mol. The van der Waals surface area contributed by atoms with E-state index in [0.29, 0.717) is 6.54 Å². The maximum Gasteiger partial charge on any atom is 0.211 e. The quantitative estimate of drug-likeness (QED) is 0.722. The topological polar surface area (TPSA) is 46.2 Å². The van der Waals surface area contributed by atoms with Crippen LogP contribution >= 0.6 is 11.6 Å². The molecule has 0 bridgehead atoms. The molecule has 0 heterocycles. The van der Waals surface area contributed by atoms with E-state index < -0.39 is 10.0 Å². The highest BCUT2D eigenvalue weighted by molar-refractivity contribution is 7.89. The molecule has 0 aliphatic carbocycles.